The molecule has 0 bridgehead atoms. The lowest BCUT2D eigenvalue weighted by Crippen LogP contribution is -2.50. The van der Waals surface area contributed by atoms with Gasteiger partial charge in [0.05, 0.1) is 22.2 Å². The van der Waals surface area contributed by atoms with Crippen LogP contribution in [0.1, 0.15) is 44.9 Å². The first-order valence-electron chi connectivity index (χ1n) is 9.68. The van der Waals surface area contributed by atoms with Gasteiger partial charge in [-0.2, -0.15) is 0 Å². The average Bonchev–Trinajstić information content (AvgIpc) is 2.94. The number of carbonyl (C=O) groups is 1. The van der Waals surface area contributed by atoms with Crippen LogP contribution in [-0.4, -0.2) is 47.7 Å². The first kappa shape index (κ1) is 18.4. The van der Waals surface area contributed by atoms with E-state index in [9.17, 15) is 9.90 Å². The number of aliphatic hydroxyl groups excluding tert-OH is 1. The van der Waals surface area contributed by atoms with Gasteiger partial charge in [0.25, 0.3) is 0 Å². The number of likely N-dealkylation sites (tertiary alicyclic amines) is 1. The third-order valence-electron chi connectivity index (χ3n) is 6.48. The van der Waals surface area contributed by atoms with E-state index in [1.807, 2.05) is 12.1 Å². The summed E-state index contributed by atoms with van der Waals surface area (Å²) in [6, 6.07) is 5.84. The van der Waals surface area contributed by atoms with Crippen molar-refractivity contribution in [3.05, 3.63) is 28.2 Å². The number of hydrogen-bond donors (Lipinski definition) is 1. The number of piperidine rings is 1. The van der Waals surface area contributed by atoms with Crippen molar-refractivity contribution in [1.82, 2.24) is 4.90 Å². The molecule has 2 heterocycles. The van der Waals surface area contributed by atoms with Crippen LogP contribution in [0.4, 0.5) is 5.69 Å². The second-order valence-electron chi connectivity index (χ2n) is 8.11. The van der Waals surface area contributed by atoms with E-state index in [-0.39, 0.29) is 11.5 Å². The molecule has 4 nitrogen and oxygen atoms in total. The normalized spacial score (nSPS) is 32.5. The van der Waals surface area contributed by atoms with Crippen molar-refractivity contribution in [2.24, 2.45) is 5.41 Å². The molecule has 1 aromatic carbocycles. The third-order valence-corrected chi connectivity index (χ3v) is 7.03. The highest BCUT2D eigenvalue weighted by atomic mass is 35.5. The number of carbonyl (C=O) groups excluding carboxylic acids is 1. The molecule has 3 aliphatic rings. The predicted octanol–water partition coefficient (Wildman–Crippen LogP) is 4.12. The van der Waals surface area contributed by atoms with Crippen molar-refractivity contribution in [3.63, 3.8) is 0 Å². The van der Waals surface area contributed by atoms with Gasteiger partial charge in [-0.05, 0) is 63.1 Å². The molecule has 0 radical (unpaired) electrons. The monoisotopic (exact) mass is 396 g/mol. The number of nitrogens with zero attached hydrogens (tertiary/aromatic N) is 2. The molecule has 1 atom stereocenters. The molecule has 1 aromatic rings. The molecule has 1 aliphatic carbocycles. The van der Waals surface area contributed by atoms with E-state index in [4.69, 9.17) is 23.2 Å². The number of halogens is 2. The summed E-state index contributed by atoms with van der Waals surface area (Å²) >= 11 is 12.6. The molecular weight excluding hydrogens is 371 g/mol. The van der Waals surface area contributed by atoms with Crippen LogP contribution in [0.25, 0.3) is 0 Å². The summed E-state index contributed by atoms with van der Waals surface area (Å²) in [7, 11) is 0. The summed E-state index contributed by atoms with van der Waals surface area (Å²) in [4.78, 5) is 17.7. The highest BCUT2D eigenvalue weighted by Crippen LogP contribution is 2.44. The molecular formula is C20H26Cl2N2O2. The minimum atomic E-state index is -0.292. The van der Waals surface area contributed by atoms with Gasteiger partial charge in [-0.3, -0.25) is 4.79 Å². The molecule has 4 rings (SSSR count). The second-order valence-corrected chi connectivity index (χ2v) is 8.96. The largest absolute Gasteiger partial charge is 0.393 e. The number of hydrogen-bond acceptors (Lipinski definition) is 3. The van der Waals surface area contributed by atoms with Crippen LogP contribution in [0.15, 0.2) is 18.2 Å². The molecule has 2 aliphatic heterocycles. The van der Waals surface area contributed by atoms with Gasteiger partial charge in [-0.25, -0.2) is 0 Å². The van der Waals surface area contributed by atoms with Crippen LogP contribution in [0.5, 0.6) is 0 Å². The van der Waals surface area contributed by atoms with Gasteiger partial charge < -0.3 is 14.9 Å². The van der Waals surface area contributed by atoms with Crippen molar-refractivity contribution in [3.8, 4) is 0 Å². The minimum absolute atomic E-state index is 0.187. The second kappa shape index (κ2) is 7.21. The number of rotatable bonds is 2. The molecule has 6 heteroatoms. The van der Waals surface area contributed by atoms with Gasteiger partial charge in [0.1, 0.15) is 0 Å². The first-order valence-corrected chi connectivity index (χ1v) is 10.4. The zero-order valence-corrected chi connectivity index (χ0v) is 16.5. The first-order chi connectivity index (χ1) is 12.5. The summed E-state index contributed by atoms with van der Waals surface area (Å²) in [6.45, 7) is 2.47. The van der Waals surface area contributed by atoms with E-state index < -0.39 is 0 Å². The fourth-order valence-corrected chi connectivity index (χ4v) is 5.41. The summed E-state index contributed by atoms with van der Waals surface area (Å²) in [6.07, 6.45) is 6.14. The predicted molar refractivity (Wildman–Crippen MR) is 105 cm³/mol. The van der Waals surface area contributed by atoms with E-state index in [1.165, 1.54) is 0 Å². The Hall–Kier alpha value is -0.970. The summed E-state index contributed by atoms with van der Waals surface area (Å²) in [5.74, 6) is 0.307. The molecule has 1 N–H and O–H groups in total. The Morgan fingerprint density at radius 3 is 2.62 bits per heavy atom. The van der Waals surface area contributed by atoms with Gasteiger partial charge >= 0.3 is 0 Å². The quantitative estimate of drug-likeness (QED) is 0.817. The Labute approximate surface area is 165 Å². The zero-order valence-electron chi connectivity index (χ0n) is 15.0. The molecule has 1 amide bonds. The van der Waals surface area contributed by atoms with Gasteiger partial charge in [-0.1, -0.05) is 23.2 Å². The lowest BCUT2D eigenvalue weighted by molar-refractivity contribution is -0.139. The molecule has 2 saturated heterocycles. The van der Waals surface area contributed by atoms with Gasteiger partial charge in [0.15, 0.2) is 0 Å². The molecule has 3 fully saturated rings. The van der Waals surface area contributed by atoms with E-state index in [1.54, 1.807) is 6.07 Å². The third kappa shape index (κ3) is 3.32. The Bertz CT molecular complexity index is 690. The molecule has 142 valence electrons. The SMILES string of the molecule is O=C1N(C2CCC(O)CC2)CCC12CCCN(c1cc(Cl)ccc1Cl)C2. The highest BCUT2D eigenvalue weighted by molar-refractivity contribution is 6.35. The molecule has 1 saturated carbocycles. The molecule has 26 heavy (non-hydrogen) atoms. The maximum absolute atomic E-state index is 13.4. The van der Waals surface area contributed by atoms with Gasteiger partial charge in [-0.15, -0.1) is 0 Å². The van der Waals surface area contributed by atoms with E-state index in [2.05, 4.69) is 9.80 Å². The molecule has 1 unspecified atom stereocenters. The fraction of sp³-hybridized carbons (Fsp3) is 0.650. The van der Waals surface area contributed by atoms with E-state index in [0.29, 0.717) is 22.0 Å². The van der Waals surface area contributed by atoms with Crippen LogP contribution < -0.4 is 4.90 Å². The smallest absolute Gasteiger partial charge is 0.230 e. The summed E-state index contributed by atoms with van der Waals surface area (Å²) in [5, 5.41) is 11.1. The summed E-state index contributed by atoms with van der Waals surface area (Å²) < 4.78 is 0. The number of aliphatic hydroxyl groups is 1. The maximum Gasteiger partial charge on any atom is 0.230 e. The van der Waals surface area contributed by atoms with E-state index >= 15 is 0 Å². The van der Waals surface area contributed by atoms with Crippen LogP contribution in [0.2, 0.25) is 10.0 Å². The van der Waals surface area contributed by atoms with Crippen molar-refractivity contribution in [1.29, 1.82) is 0 Å². The topological polar surface area (TPSA) is 43.8 Å². The Morgan fingerprint density at radius 1 is 1.08 bits per heavy atom. The maximum atomic E-state index is 13.4. The van der Waals surface area contributed by atoms with Crippen LogP contribution in [0, 0.1) is 5.41 Å². The summed E-state index contributed by atoms with van der Waals surface area (Å²) in [5.41, 5.74) is 0.644. The number of benzene rings is 1. The van der Waals surface area contributed by atoms with Gasteiger partial charge in [0.2, 0.25) is 5.91 Å². The zero-order chi connectivity index (χ0) is 18.3. The Kier molecular flexibility index (Phi) is 5.10. The Morgan fingerprint density at radius 2 is 1.85 bits per heavy atom. The van der Waals surface area contributed by atoms with Crippen molar-refractivity contribution >= 4 is 34.8 Å². The van der Waals surface area contributed by atoms with E-state index in [0.717, 1.165) is 70.3 Å². The van der Waals surface area contributed by atoms with Crippen LogP contribution in [-0.2, 0) is 4.79 Å². The minimum Gasteiger partial charge on any atom is -0.393 e. The van der Waals surface area contributed by atoms with Crippen LogP contribution >= 0.6 is 23.2 Å². The fourth-order valence-electron chi connectivity index (χ4n) is 5.01. The Balaban J connectivity index is 1.51. The van der Waals surface area contributed by atoms with Crippen LogP contribution in [0.3, 0.4) is 0 Å². The lowest BCUT2D eigenvalue weighted by Gasteiger charge is -2.41. The average molecular weight is 397 g/mol. The standard InChI is InChI=1S/C20H26Cl2N2O2/c21-14-2-7-17(22)18(12-14)23-10-1-8-20(13-23)9-11-24(19(20)26)15-3-5-16(25)6-4-15/h2,7,12,15-16,25H,1,3-6,8-11,13H2. The highest BCUT2D eigenvalue weighted by Gasteiger charge is 2.50. The number of amides is 1. The van der Waals surface area contributed by atoms with Gasteiger partial charge in [0, 0.05) is 30.7 Å². The number of anilines is 1. The lowest BCUT2D eigenvalue weighted by atomic mass is 9.78. The van der Waals surface area contributed by atoms with Crippen molar-refractivity contribution in [2.45, 2.75) is 57.1 Å². The van der Waals surface area contributed by atoms with Crippen molar-refractivity contribution in [2.75, 3.05) is 24.5 Å². The molecule has 1 spiro atoms. The van der Waals surface area contributed by atoms with Crippen molar-refractivity contribution < 1.29 is 9.90 Å². The molecule has 0 aromatic heterocycles.